The second kappa shape index (κ2) is 4.93. The van der Waals surface area contributed by atoms with E-state index in [0.29, 0.717) is 5.75 Å². The molecule has 0 spiro atoms. The molecule has 0 atom stereocenters. The molecule has 0 aliphatic rings. The second-order valence-corrected chi connectivity index (χ2v) is 3.99. The van der Waals surface area contributed by atoms with Crippen LogP contribution < -0.4 is 4.74 Å². The van der Waals surface area contributed by atoms with Gasteiger partial charge in [-0.05, 0) is 18.6 Å². The Labute approximate surface area is 109 Å². The molecule has 0 amide bonds. The standard InChI is InChI=1S/C13H12N2O4/c1-8-5-3-4-6-10(8)19-13(18)11-9(12(16)17)7-14-15(11)2/h3-7H,1-2H3,(H,16,17). The van der Waals surface area contributed by atoms with Gasteiger partial charge < -0.3 is 9.84 Å². The maximum absolute atomic E-state index is 12.0. The van der Waals surface area contributed by atoms with Gasteiger partial charge in [-0.2, -0.15) is 5.10 Å². The van der Waals surface area contributed by atoms with Gasteiger partial charge in [0, 0.05) is 7.05 Å². The van der Waals surface area contributed by atoms with Crippen LogP contribution in [0.15, 0.2) is 30.5 Å². The number of esters is 1. The minimum atomic E-state index is -1.22. The van der Waals surface area contributed by atoms with Gasteiger partial charge >= 0.3 is 11.9 Å². The molecule has 2 rings (SSSR count). The van der Waals surface area contributed by atoms with Crippen molar-refractivity contribution < 1.29 is 19.4 Å². The summed E-state index contributed by atoms with van der Waals surface area (Å²) in [5.41, 5.74) is 0.520. The van der Waals surface area contributed by atoms with Crippen molar-refractivity contribution in [3.05, 3.63) is 47.3 Å². The molecule has 1 heterocycles. The Morgan fingerprint density at radius 1 is 1.32 bits per heavy atom. The molecule has 6 heteroatoms. The first-order valence-electron chi connectivity index (χ1n) is 5.54. The summed E-state index contributed by atoms with van der Waals surface area (Å²) < 4.78 is 6.38. The fourth-order valence-electron chi connectivity index (χ4n) is 1.66. The highest BCUT2D eigenvalue weighted by Gasteiger charge is 2.23. The zero-order chi connectivity index (χ0) is 14.0. The number of aromatic carboxylic acids is 1. The minimum Gasteiger partial charge on any atom is -0.478 e. The summed E-state index contributed by atoms with van der Waals surface area (Å²) in [5, 5.41) is 12.7. The molecule has 19 heavy (non-hydrogen) atoms. The lowest BCUT2D eigenvalue weighted by Crippen LogP contribution is -2.17. The number of para-hydroxylation sites is 1. The van der Waals surface area contributed by atoms with E-state index in [1.54, 1.807) is 25.1 Å². The van der Waals surface area contributed by atoms with E-state index in [1.165, 1.54) is 11.7 Å². The zero-order valence-corrected chi connectivity index (χ0v) is 10.5. The average molecular weight is 260 g/mol. The van der Waals surface area contributed by atoms with Gasteiger partial charge in [0.1, 0.15) is 11.3 Å². The van der Waals surface area contributed by atoms with E-state index in [2.05, 4.69) is 5.10 Å². The lowest BCUT2D eigenvalue weighted by molar-refractivity contribution is 0.0663. The molecule has 0 aliphatic heterocycles. The highest BCUT2D eigenvalue weighted by molar-refractivity contribution is 6.01. The van der Waals surface area contributed by atoms with Gasteiger partial charge in [0.05, 0.1) is 6.20 Å². The third-order valence-corrected chi connectivity index (χ3v) is 2.66. The molecule has 2 aromatic rings. The first-order valence-corrected chi connectivity index (χ1v) is 5.54. The molecular weight excluding hydrogens is 248 g/mol. The van der Waals surface area contributed by atoms with E-state index < -0.39 is 11.9 Å². The molecular formula is C13H12N2O4. The molecule has 1 aromatic heterocycles. The Morgan fingerprint density at radius 3 is 2.63 bits per heavy atom. The number of carbonyl (C=O) groups excluding carboxylic acids is 1. The van der Waals surface area contributed by atoms with E-state index in [0.717, 1.165) is 11.8 Å². The molecule has 0 unspecified atom stereocenters. The molecule has 0 aliphatic carbocycles. The first kappa shape index (κ1) is 12.8. The number of hydrogen-bond acceptors (Lipinski definition) is 4. The van der Waals surface area contributed by atoms with Crippen molar-refractivity contribution in [3.63, 3.8) is 0 Å². The number of ether oxygens (including phenoxy) is 1. The van der Waals surface area contributed by atoms with E-state index in [4.69, 9.17) is 9.84 Å². The van der Waals surface area contributed by atoms with Crippen molar-refractivity contribution in [2.45, 2.75) is 6.92 Å². The molecule has 98 valence electrons. The van der Waals surface area contributed by atoms with E-state index in [1.807, 2.05) is 6.07 Å². The Kier molecular flexibility index (Phi) is 3.33. The summed E-state index contributed by atoms with van der Waals surface area (Å²) in [6, 6.07) is 6.99. The number of rotatable bonds is 3. The predicted molar refractivity (Wildman–Crippen MR) is 66.3 cm³/mol. The summed E-state index contributed by atoms with van der Waals surface area (Å²) in [6.07, 6.45) is 1.12. The number of carboxylic acids is 1. The van der Waals surface area contributed by atoms with Gasteiger partial charge in [-0.3, -0.25) is 4.68 Å². The second-order valence-electron chi connectivity index (χ2n) is 3.99. The highest BCUT2D eigenvalue weighted by atomic mass is 16.5. The maximum Gasteiger partial charge on any atom is 0.362 e. The van der Waals surface area contributed by atoms with Crippen LogP contribution >= 0.6 is 0 Å². The molecule has 0 bridgehead atoms. The predicted octanol–water partition coefficient (Wildman–Crippen LogP) is 1.65. The van der Waals surface area contributed by atoms with Gasteiger partial charge in [-0.15, -0.1) is 0 Å². The lowest BCUT2D eigenvalue weighted by Gasteiger charge is -2.07. The number of carbonyl (C=O) groups is 2. The molecule has 6 nitrogen and oxygen atoms in total. The fraction of sp³-hybridized carbons (Fsp3) is 0.154. The summed E-state index contributed by atoms with van der Waals surface area (Å²) >= 11 is 0. The van der Waals surface area contributed by atoms with Crippen molar-refractivity contribution in [1.29, 1.82) is 0 Å². The van der Waals surface area contributed by atoms with E-state index in [-0.39, 0.29) is 11.3 Å². The summed E-state index contributed by atoms with van der Waals surface area (Å²) in [6.45, 7) is 1.80. The van der Waals surface area contributed by atoms with Crippen LogP contribution in [0.5, 0.6) is 5.75 Å². The Morgan fingerprint density at radius 2 is 2.00 bits per heavy atom. The van der Waals surface area contributed by atoms with Crippen LogP contribution in [0.4, 0.5) is 0 Å². The van der Waals surface area contributed by atoms with Gasteiger partial charge in [-0.25, -0.2) is 9.59 Å². The molecule has 0 fully saturated rings. The van der Waals surface area contributed by atoms with Crippen molar-refractivity contribution in [3.8, 4) is 5.75 Å². The number of carboxylic acid groups (broad SMARTS) is 1. The van der Waals surface area contributed by atoms with Crippen LogP contribution in [-0.4, -0.2) is 26.8 Å². The third kappa shape index (κ3) is 2.47. The van der Waals surface area contributed by atoms with Crippen LogP contribution in [0.3, 0.4) is 0 Å². The van der Waals surface area contributed by atoms with Crippen LogP contribution in [0.1, 0.15) is 26.4 Å². The Balaban J connectivity index is 2.33. The first-order chi connectivity index (χ1) is 9.00. The minimum absolute atomic E-state index is 0.0873. The normalized spacial score (nSPS) is 10.2. The number of benzene rings is 1. The van der Waals surface area contributed by atoms with Crippen LogP contribution in [0, 0.1) is 6.92 Å². The fourth-order valence-corrected chi connectivity index (χ4v) is 1.66. The molecule has 0 radical (unpaired) electrons. The van der Waals surface area contributed by atoms with Crippen molar-refractivity contribution in [1.82, 2.24) is 9.78 Å². The van der Waals surface area contributed by atoms with Gasteiger partial charge in [0.25, 0.3) is 0 Å². The number of hydrogen-bond donors (Lipinski definition) is 1. The van der Waals surface area contributed by atoms with E-state index in [9.17, 15) is 9.59 Å². The van der Waals surface area contributed by atoms with Gasteiger partial charge in [0.2, 0.25) is 0 Å². The molecule has 0 saturated heterocycles. The Hall–Kier alpha value is -2.63. The van der Waals surface area contributed by atoms with Crippen LogP contribution in [0.2, 0.25) is 0 Å². The summed E-state index contributed by atoms with van der Waals surface area (Å²) in [4.78, 5) is 23.0. The Bertz CT molecular complexity index is 646. The number of aryl methyl sites for hydroxylation is 2. The molecule has 0 saturated carbocycles. The average Bonchev–Trinajstić information content (AvgIpc) is 2.74. The van der Waals surface area contributed by atoms with Gasteiger partial charge in [-0.1, -0.05) is 18.2 Å². The summed E-state index contributed by atoms with van der Waals surface area (Å²) in [7, 11) is 1.49. The van der Waals surface area contributed by atoms with Crippen molar-refractivity contribution in [2.24, 2.45) is 7.05 Å². The largest absolute Gasteiger partial charge is 0.478 e. The third-order valence-electron chi connectivity index (χ3n) is 2.66. The molecule has 1 N–H and O–H groups in total. The molecule has 1 aromatic carbocycles. The van der Waals surface area contributed by atoms with Crippen LogP contribution in [0.25, 0.3) is 0 Å². The summed E-state index contributed by atoms with van der Waals surface area (Å²) in [5.74, 6) is -1.57. The highest BCUT2D eigenvalue weighted by Crippen LogP contribution is 2.19. The SMILES string of the molecule is Cc1ccccc1OC(=O)c1c(C(=O)O)cnn1C. The number of aromatic nitrogens is 2. The van der Waals surface area contributed by atoms with Crippen molar-refractivity contribution >= 4 is 11.9 Å². The quantitative estimate of drug-likeness (QED) is 0.670. The topological polar surface area (TPSA) is 81.4 Å². The van der Waals surface area contributed by atoms with Crippen LogP contribution in [-0.2, 0) is 7.05 Å². The monoisotopic (exact) mass is 260 g/mol. The van der Waals surface area contributed by atoms with Gasteiger partial charge in [0.15, 0.2) is 5.69 Å². The lowest BCUT2D eigenvalue weighted by atomic mass is 10.2. The smallest absolute Gasteiger partial charge is 0.362 e. The maximum atomic E-state index is 12.0. The number of nitrogens with zero attached hydrogens (tertiary/aromatic N) is 2. The van der Waals surface area contributed by atoms with E-state index >= 15 is 0 Å². The van der Waals surface area contributed by atoms with Crippen molar-refractivity contribution in [2.75, 3.05) is 0 Å². The zero-order valence-electron chi connectivity index (χ0n) is 10.5.